The van der Waals surface area contributed by atoms with E-state index in [1.54, 1.807) is 6.07 Å². The highest BCUT2D eigenvalue weighted by Gasteiger charge is 2.07. The summed E-state index contributed by atoms with van der Waals surface area (Å²) in [5.41, 5.74) is 2.89. The molecule has 0 unspecified atom stereocenters. The lowest BCUT2D eigenvalue weighted by Crippen LogP contribution is -2.07. The first kappa shape index (κ1) is 8.83. The number of nitrogens with one attached hydrogen (secondary N) is 1. The number of hydrogen-bond donors (Lipinski definition) is 2. The SMILES string of the molecule is NNc1ccnc2c(F)cc(F)cc12. The molecule has 0 radical (unpaired) electrons. The lowest BCUT2D eigenvalue weighted by atomic mass is 10.2. The van der Waals surface area contributed by atoms with Crippen molar-refractivity contribution in [2.24, 2.45) is 5.84 Å². The second kappa shape index (κ2) is 3.19. The van der Waals surface area contributed by atoms with Crippen LogP contribution in [0.25, 0.3) is 10.9 Å². The van der Waals surface area contributed by atoms with Crippen molar-refractivity contribution in [3.05, 3.63) is 36.0 Å². The van der Waals surface area contributed by atoms with Crippen molar-refractivity contribution >= 4 is 16.6 Å². The molecule has 0 fully saturated rings. The molecular formula is C9H7F2N3. The Labute approximate surface area is 78.5 Å². The first-order valence-corrected chi connectivity index (χ1v) is 3.93. The standard InChI is InChI=1S/C9H7F2N3/c10-5-3-6-8(14-12)1-2-13-9(6)7(11)4-5/h1-4H,12H2,(H,13,14). The molecule has 14 heavy (non-hydrogen) atoms. The lowest BCUT2D eigenvalue weighted by molar-refractivity contribution is 0.590. The van der Waals surface area contributed by atoms with Crippen molar-refractivity contribution in [3.8, 4) is 0 Å². The van der Waals surface area contributed by atoms with Gasteiger partial charge in [-0.2, -0.15) is 0 Å². The Morgan fingerprint density at radius 3 is 2.79 bits per heavy atom. The number of anilines is 1. The molecule has 0 bridgehead atoms. The Kier molecular flexibility index (Phi) is 2.01. The fourth-order valence-electron chi connectivity index (χ4n) is 1.30. The summed E-state index contributed by atoms with van der Waals surface area (Å²) in [5.74, 6) is 3.84. The van der Waals surface area contributed by atoms with E-state index in [1.807, 2.05) is 0 Å². The zero-order valence-corrected chi connectivity index (χ0v) is 7.09. The van der Waals surface area contributed by atoms with Crippen molar-refractivity contribution in [3.63, 3.8) is 0 Å². The number of benzene rings is 1. The first-order valence-electron chi connectivity index (χ1n) is 3.93. The van der Waals surface area contributed by atoms with Gasteiger partial charge in [0.05, 0.1) is 5.69 Å². The largest absolute Gasteiger partial charge is 0.323 e. The number of nitrogen functional groups attached to an aromatic ring is 1. The Balaban J connectivity index is 2.86. The summed E-state index contributed by atoms with van der Waals surface area (Å²) in [5, 5.41) is 0.326. The molecule has 0 saturated carbocycles. The molecule has 2 aromatic rings. The van der Waals surface area contributed by atoms with Gasteiger partial charge in [-0.1, -0.05) is 0 Å². The lowest BCUT2D eigenvalue weighted by Gasteiger charge is -2.05. The highest BCUT2D eigenvalue weighted by atomic mass is 19.1. The Morgan fingerprint density at radius 2 is 2.07 bits per heavy atom. The van der Waals surface area contributed by atoms with Gasteiger partial charge in [0.15, 0.2) is 5.82 Å². The van der Waals surface area contributed by atoms with Crippen LogP contribution in [-0.2, 0) is 0 Å². The molecule has 0 saturated heterocycles. The van der Waals surface area contributed by atoms with Gasteiger partial charge in [-0.3, -0.25) is 10.8 Å². The highest BCUT2D eigenvalue weighted by Crippen LogP contribution is 2.23. The summed E-state index contributed by atoms with van der Waals surface area (Å²) in [7, 11) is 0. The summed E-state index contributed by atoms with van der Waals surface area (Å²) in [6.07, 6.45) is 1.40. The van der Waals surface area contributed by atoms with E-state index in [-0.39, 0.29) is 5.52 Å². The van der Waals surface area contributed by atoms with Crippen LogP contribution in [0, 0.1) is 11.6 Å². The molecule has 0 atom stereocenters. The molecule has 0 aliphatic carbocycles. The number of nitrogens with zero attached hydrogens (tertiary/aromatic N) is 1. The molecule has 72 valence electrons. The molecule has 1 heterocycles. The van der Waals surface area contributed by atoms with Crippen LogP contribution in [-0.4, -0.2) is 4.98 Å². The summed E-state index contributed by atoms with van der Waals surface area (Å²) >= 11 is 0. The molecule has 0 amide bonds. The van der Waals surface area contributed by atoms with E-state index < -0.39 is 11.6 Å². The van der Waals surface area contributed by atoms with E-state index >= 15 is 0 Å². The topological polar surface area (TPSA) is 50.9 Å². The van der Waals surface area contributed by atoms with Gasteiger partial charge in [0, 0.05) is 17.6 Å². The second-order valence-corrected chi connectivity index (χ2v) is 2.79. The van der Waals surface area contributed by atoms with E-state index in [1.165, 1.54) is 12.3 Å². The predicted octanol–water partition coefficient (Wildman–Crippen LogP) is 1.80. The van der Waals surface area contributed by atoms with E-state index in [2.05, 4.69) is 10.4 Å². The van der Waals surface area contributed by atoms with E-state index in [4.69, 9.17) is 5.84 Å². The number of halogens is 2. The van der Waals surface area contributed by atoms with Gasteiger partial charge in [0.1, 0.15) is 11.3 Å². The molecule has 1 aromatic carbocycles. The van der Waals surface area contributed by atoms with Gasteiger partial charge >= 0.3 is 0 Å². The van der Waals surface area contributed by atoms with E-state index in [0.29, 0.717) is 11.1 Å². The van der Waals surface area contributed by atoms with Crippen molar-refractivity contribution < 1.29 is 8.78 Å². The van der Waals surface area contributed by atoms with Crippen molar-refractivity contribution in [2.75, 3.05) is 5.43 Å². The Bertz CT molecular complexity index is 485. The molecule has 2 rings (SSSR count). The number of hydrogen-bond acceptors (Lipinski definition) is 3. The third-order valence-electron chi connectivity index (χ3n) is 1.92. The van der Waals surface area contributed by atoms with Crippen molar-refractivity contribution in [1.29, 1.82) is 0 Å². The van der Waals surface area contributed by atoms with E-state index in [0.717, 1.165) is 6.07 Å². The number of rotatable bonds is 1. The minimum Gasteiger partial charge on any atom is -0.323 e. The number of fused-ring (bicyclic) bond motifs is 1. The molecule has 1 aromatic heterocycles. The molecule has 0 spiro atoms. The van der Waals surface area contributed by atoms with Gasteiger partial charge in [0.25, 0.3) is 0 Å². The smallest absolute Gasteiger partial charge is 0.152 e. The molecule has 3 N–H and O–H groups in total. The first-order chi connectivity index (χ1) is 6.72. The van der Waals surface area contributed by atoms with Crippen LogP contribution in [0.4, 0.5) is 14.5 Å². The predicted molar refractivity (Wildman–Crippen MR) is 49.5 cm³/mol. The fourth-order valence-corrected chi connectivity index (χ4v) is 1.30. The summed E-state index contributed by atoms with van der Waals surface area (Å²) in [6, 6.07) is 3.51. The normalized spacial score (nSPS) is 10.5. The van der Waals surface area contributed by atoms with Crippen LogP contribution in [0.3, 0.4) is 0 Å². The molecule has 3 nitrogen and oxygen atoms in total. The second-order valence-electron chi connectivity index (χ2n) is 2.79. The maximum Gasteiger partial charge on any atom is 0.152 e. The van der Waals surface area contributed by atoms with Crippen LogP contribution in [0.2, 0.25) is 0 Å². The van der Waals surface area contributed by atoms with Crippen molar-refractivity contribution in [1.82, 2.24) is 4.98 Å². The fraction of sp³-hybridized carbons (Fsp3) is 0. The van der Waals surface area contributed by atoms with Gasteiger partial charge < -0.3 is 5.43 Å². The van der Waals surface area contributed by atoms with Gasteiger partial charge in [-0.25, -0.2) is 8.78 Å². The Morgan fingerprint density at radius 1 is 1.29 bits per heavy atom. The van der Waals surface area contributed by atoms with Crippen LogP contribution in [0.15, 0.2) is 24.4 Å². The van der Waals surface area contributed by atoms with Crippen LogP contribution >= 0.6 is 0 Å². The summed E-state index contributed by atoms with van der Waals surface area (Å²) in [6.45, 7) is 0. The summed E-state index contributed by atoms with van der Waals surface area (Å²) in [4.78, 5) is 3.79. The zero-order valence-electron chi connectivity index (χ0n) is 7.09. The van der Waals surface area contributed by atoms with Gasteiger partial charge in [0.2, 0.25) is 0 Å². The molecule has 0 aliphatic heterocycles. The van der Waals surface area contributed by atoms with Gasteiger partial charge in [-0.15, -0.1) is 0 Å². The number of nitrogens with two attached hydrogens (primary N) is 1. The van der Waals surface area contributed by atoms with Crippen LogP contribution in [0.1, 0.15) is 0 Å². The summed E-state index contributed by atoms with van der Waals surface area (Å²) < 4.78 is 26.1. The van der Waals surface area contributed by atoms with Gasteiger partial charge in [-0.05, 0) is 12.1 Å². The highest BCUT2D eigenvalue weighted by molar-refractivity contribution is 5.91. The van der Waals surface area contributed by atoms with Crippen LogP contribution < -0.4 is 11.3 Å². The van der Waals surface area contributed by atoms with Crippen LogP contribution in [0.5, 0.6) is 0 Å². The average molecular weight is 195 g/mol. The maximum absolute atomic E-state index is 13.2. The number of pyridine rings is 1. The minimum atomic E-state index is -0.697. The minimum absolute atomic E-state index is 0.0989. The van der Waals surface area contributed by atoms with E-state index in [9.17, 15) is 8.78 Å². The maximum atomic E-state index is 13.2. The molecule has 5 heteroatoms. The zero-order chi connectivity index (χ0) is 10.1. The molecule has 0 aliphatic rings. The number of aromatic nitrogens is 1. The third-order valence-corrected chi connectivity index (χ3v) is 1.92. The molecular weight excluding hydrogens is 188 g/mol. The quantitative estimate of drug-likeness (QED) is 0.538. The number of hydrazine groups is 1. The Hall–Kier alpha value is -1.75. The third kappa shape index (κ3) is 1.27. The monoisotopic (exact) mass is 195 g/mol. The van der Waals surface area contributed by atoms with Crippen molar-refractivity contribution in [2.45, 2.75) is 0 Å². The average Bonchev–Trinajstić information content (AvgIpc) is 2.17.